The minimum Gasteiger partial charge on any atom is -0.0921 e. The van der Waals surface area contributed by atoms with Gasteiger partial charge < -0.3 is 0 Å². The van der Waals surface area contributed by atoms with Crippen LogP contribution in [0.25, 0.3) is 0 Å². The third-order valence-electron chi connectivity index (χ3n) is 7.06. The fourth-order valence-electron chi connectivity index (χ4n) is 5.72. The number of hydrogen-bond donors (Lipinski definition) is 0. The van der Waals surface area contributed by atoms with E-state index in [0.29, 0.717) is 11.8 Å². The minimum atomic E-state index is 0.167. The lowest BCUT2D eigenvalue weighted by Gasteiger charge is -2.53. The Morgan fingerprint density at radius 2 is 1.44 bits per heavy atom. The normalized spacial score (nSPS) is 26.0. The average Bonchev–Trinajstić information content (AvgIpc) is 2.70. The maximum Gasteiger partial charge on any atom is 0.0109 e. The molecule has 0 spiro atoms. The third-order valence-corrected chi connectivity index (χ3v) is 7.71. The number of rotatable bonds is 2. The highest BCUT2D eigenvalue weighted by atomic mass is 79.9. The zero-order chi connectivity index (χ0) is 18.4. The van der Waals surface area contributed by atoms with E-state index in [-0.39, 0.29) is 5.41 Å². The molecule has 27 heavy (non-hydrogen) atoms. The standard InChI is InChI=1S/C26H25Br/c1-18-10-12-22(13-11-18)26-16-21-8-3-2-6-19(21)14-23(26)15-20-7-4-5-9-24(20)25(26)17-27/h2-13,23,25H,14-17H2,1H3/t23?,25-,26-/m1/s1. The molecule has 2 aliphatic rings. The molecule has 0 aromatic heterocycles. The number of fused-ring (bicyclic) bond motifs is 3. The molecule has 3 atom stereocenters. The Kier molecular flexibility index (Phi) is 4.24. The molecule has 0 aliphatic heterocycles. The van der Waals surface area contributed by atoms with E-state index in [9.17, 15) is 0 Å². The molecule has 1 unspecified atom stereocenters. The van der Waals surface area contributed by atoms with Crippen molar-refractivity contribution in [2.24, 2.45) is 5.92 Å². The molecule has 0 heterocycles. The van der Waals surface area contributed by atoms with Crippen LogP contribution in [0.3, 0.4) is 0 Å². The Morgan fingerprint density at radius 1 is 0.815 bits per heavy atom. The van der Waals surface area contributed by atoms with Gasteiger partial charge in [-0.2, -0.15) is 0 Å². The molecule has 0 N–H and O–H groups in total. The molecule has 0 amide bonds. The summed E-state index contributed by atoms with van der Waals surface area (Å²) in [5, 5.41) is 1.01. The van der Waals surface area contributed by atoms with Crippen LogP contribution < -0.4 is 0 Å². The lowest BCUT2D eigenvalue weighted by molar-refractivity contribution is 0.190. The molecule has 0 saturated carbocycles. The van der Waals surface area contributed by atoms with Gasteiger partial charge in [0, 0.05) is 16.7 Å². The molecule has 1 heteroatoms. The molecule has 0 saturated heterocycles. The van der Waals surface area contributed by atoms with Crippen molar-refractivity contribution in [2.45, 2.75) is 37.5 Å². The van der Waals surface area contributed by atoms with Crippen LogP contribution in [0.1, 0.15) is 39.3 Å². The van der Waals surface area contributed by atoms with E-state index in [1.54, 1.807) is 22.3 Å². The maximum atomic E-state index is 3.93. The van der Waals surface area contributed by atoms with Crippen molar-refractivity contribution in [2.75, 3.05) is 5.33 Å². The van der Waals surface area contributed by atoms with Crippen molar-refractivity contribution in [1.82, 2.24) is 0 Å². The number of halogens is 1. The number of hydrogen-bond acceptors (Lipinski definition) is 0. The van der Waals surface area contributed by atoms with Gasteiger partial charge in [0.1, 0.15) is 0 Å². The van der Waals surface area contributed by atoms with E-state index in [1.165, 1.54) is 24.0 Å². The van der Waals surface area contributed by atoms with Gasteiger partial charge in [0.25, 0.3) is 0 Å². The van der Waals surface area contributed by atoms with E-state index in [2.05, 4.69) is 95.7 Å². The van der Waals surface area contributed by atoms with Crippen LogP contribution in [0.4, 0.5) is 0 Å². The van der Waals surface area contributed by atoms with Crippen LogP contribution in [0.2, 0.25) is 0 Å². The second-order valence-electron chi connectivity index (χ2n) is 8.36. The average molecular weight is 417 g/mol. The van der Waals surface area contributed by atoms with E-state index >= 15 is 0 Å². The quantitative estimate of drug-likeness (QED) is 0.424. The number of alkyl halides is 1. The second kappa shape index (κ2) is 6.63. The van der Waals surface area contributed by atoms with E-state index < -0.39 is 0 Å². The Morgan fingerprint density at radius 3 is 2.19 bits per heavy atom. The molecule has 0 nitrogen and oxygen atoms in total. The van der Waals surface area contributed by atoms with Gasteiger partial charge in [0.05, 0.1) is 0 Å². The molecule has 136 valence electrons. The SMILES string of the molecule is Cc1ccc([C@]23Cc4ccccc4CC2Cc2ccccc2[C@H]3CBr)cc1. The molecular weight excluding hydrogens is 392 g/mol. The van der Waals surface area contributed by atoms with Crippen molar-refractivity contribution >= 4 is 15.9 Å². The summed E-state index contributed by atoms with van der Waals surface area (Å²) in [6, 6.07) is 27.7. The summed E-state index contributed by atoms with van der Waals surface area (Å²) < 4.78 is 0. The fourth-order valence-corrected chi connectivity index (χ4v) is 6.65. The Bertz CT molecular complexity index is 972. The Balaban J connectivity index is 1.76. The molecule has 0 fully saturated rings. The highest BCUT2D eigenvalue weighted by Crippen LogP contribution is 2.56. The lowest BCUT2D eigenvalue weighted by atomic mass is 9.50. The van der Waals surface area contributed by atoms with E-state index in [4.69, 9.17) is 0 Å². The summed E-state index contributed by atoms with van der Waals surface area (Å²) in [6.45, 7) is 2.19. The Hall–Kier alpha value is -1.86. The molecule has 2 aliphatic carbocycles. The minimum absolute atomic E-state index is 0.167. The van der Waals surface area contributed by atoms with Crippen molar-refractivity contribution in [3.8, 4) is 0 Å². The zero-order valence-electron chi connectivity index (χ0n) is 15.8. The first kappa shape index (κ1) is 17.3. The summed E-state index contributed by atoms with van der Waals surface area (Å²) in [6.07, 6.45) is 3.51. The first-order valence-electron chi connectivity index (χ1n) is 10.00. The van der Waals surface area contributed by atoms with Crippen molar-refractivity contribution in [3.63, 3.8) is 0 Å². The maximum absolute atomic E-state index is 3.93. The second-order valence-corrected chi connectivity index (χ2v) is 9.01. The van der Waals surface area contributed by atoms with Crippen LogP contribution in [-0.2, 0) is 24.7 Å². The monoisotopic (exact) mass is 416 g/mol. The van der Waals surface area contributed by atoms with Gasteiger partial charge in [-0.05, 0) is 59.9 Å². The van der Waals surface area contributed by atoms with Crippen molar-refractivity contribution < 1.29 is 0 Å². The fraction of sp³-hybridized carbons (Fsp3) is 0.308. The smallest absolute Gasteiger partial charge is 0.0109 e. The summed E-state index contributed by atoms with van der Waals surface area (Å²) in [4.78, 5) is 0. The molecule has 3 aromatic carbocycles. The van der Waals surface area contributed by atoms with Gasteiger partial charge in [-0.15, -0.1) is 0 Å². The van der Waals surface area contributed by atoms with Gasteiger partial charge in [0.15, 0.2) is 0 Å². The van der Waals surface area contributed by atoms with Crippen LogP contribution in [0.15, 0.2) is 72.8 Å². The molecular formula is C26H25Br. The van der Waals surface area contributed by atoms with Gasteiger partial charge in [-0.3, -0.25) is 0 Å². The van der Waals surface area contributed by atoms with Crippen molar-refractivity contribution in [1.29, 1.82) is 0 Å². The summed E-state index contributed by atoms with van der Waals surface area (Å²) >= 11 is 3.93. The summed E-state index contributed by atoms with van der Waals surface area (Å²) in [5.74, 6) is 1.15. The lowest BCUT2D eigenvalue weighted by Crippen LogP contribution is -2.51. The third kappa shape index (κ3) is 2.63. The number of aryl methyl sites for hydroxylation is 1. The van der Waals surface area contributed by atoms with Crippen LogP contribution >= 0.6 is 15.9 Å². The van der Waals surface area contributed by atoms with E-state index in [0.717, 1.165) is 11.8 Å². The van der Waals surface area contributed by atoms with Crippen LogP contribution in [0, 0.1) is 12.8 Å². The summed E-state index contributed by atoms with van der Waals surface area (Å²) in [5.41, 5.74) is 9.22. The van der Waals surface area contributed by atoms with Gasteiger partial charge in [0.2, 0.25) is 0 Å². The number of benzene rings is 3. The van der Waals surface area contributed by atoms with Gasteiger partial charge in [-0.1, -0.05) is 94.3 Å². The predicted octanol–water partition coefficient (Wildman–Crippen LogP) is 6.38. The Labute approximate surface area is 170 Å². The van der Waals surface area contributed by atoms with Crippen LogP contribution in [-0.4, -0.2) is 5.33 Å². The summed E-state index contributed by atoms with van der Waals surface area (Å²) in [7, 11) is 0. The molecule has 5 rings (SSSR count). The van der Waals surface area contributed by atoms with Crippen molar-refractivity contribution in [3.05, 3.63) is 106 Å². The molecule has 3 aromatic rings. The first-order valence-corrected chi connectivity index (χ1v) is 11.1. The highest BCUT2D eigenvalue weighted by molar-refractivity contribution is 9.09. The predicted molar refractivity (Wildman–Crippen MR) is 117 cm³/mol. The molecule has 0 radical (unpaired) electrons. The largest absolute Gasteiger partial charge is 0.0921 e. The zero-order valence-corrected chi connectivity index (χ0v) is 17.4. The van der Waals surface area contributed by atoms with Crippen LogP contribution in [0.5, 0.6) is 0 Å². The van der Waals surface area contributed by atoms with E-state index in [1.807, 2.05) is 0 Å². The highest BCUT2D eigenvalue weighted by Gasteiger charge is 2.52. The van der Waals surface area contributed by atoms with Gasteiger partial charge in [-0.25, -0.2) is 0 Å². The topological polar surface area (TPSA) is 0 Å². The first-order chi connectivity index (χ1) is 13.2. The van der Waals surface area contributed by atoms with Gasteiger partial charge >= 0.3 is 0 Å². The molecule has 0 bridgehead atoms.